The smallest absolute Gasteiger partial charge is 0.0722 e. The summed E-state index contributed by atoms with van der Waals surface area (Å²) in [5.74, 6) is 0. The second-order valence-electron chi connectivity index (χ2n) is 4.69. The summed E-state index contributed by atoms with van der Waals surface area (Å²) in [4.78, 5) is 4.37. The van der Waals surface area contributed by atoms with E-state index in [4.69, 9.17) is 5.73 Å². The molecule has 0 aliphatic heterocycles. The quantitative estimate of drug-likeness (QED) is 0.674. The highest BCUT2D eigenvalue weighted by molar-refractivity contribution is 9.10. The summed E-state index contributed by atoms with van der Waals surface area (Å²) in [7, 11) is 0. The lowest BCUT2D eigenvalue weighted by Crippen LogP contribution is -1.97. The third-order valence-corrected chi connectivity index (χ3v) is 3.95. The zero-order valence-corrected chi connectivity index (χ0v) is 12.6. The molecule has 1 heterocycles. The van der Waals surface area contributed by atoms with Gasteiger partial charge in [-0.25, -0.2) is 0 Å². The maximum Gasteiger partial charge on any atom is 0.0722 e. The van der Waals surface area contributed by atoms with Crippen LogP contribution in [0.25, 0.3) is 10.9 Å². The normalized spacial score (nSPS) is 10.7. The number of nitrogens with two attached hydrogens (primary N) is 1. The average Bonchev–Trinajstić information content (AvgIpc) is 2.45. The fraction of sp³-hybridized carbons (Fsp3) is 0.0625. The van der Waals surface area contributed by atoms with Gasteiger partial charge in [0, 0.05) is 33.1 Å². The van der Waals surface area contributed by atoms with Gasteiger partial charge >= 0.3 is 0 Å². The second kappa shape index (κ2) is 5.13. The van der Waals surface area contributed by atoms with Crippen LogP contribution in [-0.2, 0) is 0 Å². The molecule has 0 bridgehead atoms. The van der Waals surface area contributed by atoms with E-state index in [0.717, 1.165) is 38.0 Å². The van der Waals surface area contributed by atoms with Gasteiger partial charge in [-0.05, 0) is 52.7 Å². The topological polar surface area (TPSA) is 50.9 Å². The van der Waals surface area contributed by atoms with E-state index in [2.05, 4.69) is 32.3 Å². The standard InChI is InChI=1S/C16H14BrN3/c1-10-8-13(18)12(17)9-16(10)20-15-6-7-19-14-5-3-2-4-11(14)15/h2-9H,18H2,1H3,(H,19,20). The SMILES string of the molecule is Cc1cc(N)c(Br)cc1Nc1ccnc2ccccc12. The van der Waals surface area contributed by atoms with E-state index in [-0.39, 0.29) is 0 Å². The fourth-order valence-corrected chi connectivity index (χ4v) is 2.53. The first-order chi connectivity index (χ1) is 9.65. The van der Waals surface area contributed by atoms with Gasteiger partial charge in [-0.3, -0.25) is 4.98 Å². The van der Waals surface area contributed by atoms with E-state index < -0.39 is 0 Å². The zero-order valence-electron chi connectivity index (χ0n) is 11.0. The van der Waals surface area contributed by atoms with Crippen molar-refractivity contribution in [1.82, 2.24) is 4.98 Å². The average molecular weight is 328 g/mol. The van der Waals surface area contributed by atoms with Gasteiger partial charge in [0.05, 0.1) is 5.52 Å². The molecule has 20 heavy (non-hydrogen) atoms. The Morgan fingerprint density at radius 3 is 2.75 bits per heavy atom. The third-order valence-electron chi connectivity index (χ3n) is 3.26. The third kappa shape index (κ3) is 2.34. The van der Waals surface area contributed by atoms with Crippen LogP contribution < -0.4 is 11.1 Å². The molecule has 4 heteroatoms. The minimum Gasteiger partial charge on any atom is -0.398 e. The number of nitrogens with zero attached hydrogens (tertiary/aromatic N) is 1. The summed E-state index contributed by atoms with van der Waals surface area (Å²) in [6.07, 6.45) is 1.81. The van der Waals surface area contributed by atoms with E-state index in [1.54, 1.807) is 0 Å². The van der Waals surface area contributed by atoms with Crippen molar-refractivity contribution in [3.05, 3.63) is 58.7 Å². The number of anilines is 3. The predicted molar refractivity (Wildman–Crippen MR) is 88.3 cm³/mol. The number of benzene rings is 2. The Hall–Kier alpha value is -2.07. The second-order valence-corrected chi connectivity index (χ2v) is 5.54. The Morgan fingerprint density at radius 1 is 1.10 bits per heavy atom. The van der Waals surface area contributed by atoms with Crippen LogP contribution in [0, 0.1) is 6.92 Å². The van der Waals surface area contributed by atoms with Crippen LogP contribution >= 0.6 is 15.9 Å². The van der Waals surface area contributed by atoms with Gasteiger partial charge in [-0.1, -0.05) is 18.2 Å². The molecule has 3 nitrogen and oxygen atoms in total. The Bertz CT molecular complexity index is 779. The number of para-hydroxylation sites is 1. The van der Waals surface area contributed by atoms with Crippen molar-refractivity contribution in [3.63, 3.8) is 0 Å². The van der Waals surface area contributed by atoms with E-state index in [0.29, 0.717) is 0 Å². The highest BCUT2D eigenvalue weighted by Gasteiger charge is 2.06. The number of halogens is 1. The summed E-state index contributed by atoms with van der Waals surface area (Å²) >= 11 is 3.47. The van der Waals surface area contributed by atoms with Crippen LogP contribution in [0.3, 0.4) is 0 Å². The van der Waals surface area contributed by atoms with Crippen LogP contribution in [0.2, 0.25) is 0 Å². The fourth-order valence-electron chi connectivity index (χ4n) is 2.19. The molecule has 0 saturated carbocycles. The first kappa shape index (κ1) is 12.9. The summed E-state index contributed by atoms with van der Waals surface area (Å²) in [6.45, 7) is 2.04. The van der Waals surface area contributed by atoms with Gasteiger partial charge < -0.3 is 11.1 Å². The maximum atomic E-state index is 5.89. The van der Waals surface area contributed by atoms with Gasteiger partial charge in [0.1, 0.15) is 0 Å². The lowest BCUT2D eigenvalue weighted by molar-refractivity contribution is 1.39. The number of pyridine rings is 1. The molecule has 3 aromatic rings. The van der Waals surface area contributed by atoms with Crippen molar-refractivity contribution in [1.29, 1.82) is 0 Å². The molecule has 0 spiro atoms. The monoisotopic (exact) mass is 327 g/mol. The number of fused-ring (bicyclic) bond motifs is 1. The Kier molecular flexibility index (Phi) is 3.32. The molecule has 100 valence electrons. The molecule has 0 atom stereocenters. The highest BCUT2D eigenvalue weighted by atomic mass is 79.9. The molecule has 0 unspecified atom stereocenters. The molecule has 1 aromatic heterocycles. The summed E-state index contributed by atoms with van der Waals surface area (Å²) in [5.41, 5.74) is 10.8. The van der Waals surface area contributed by atoms with Gasteiger partial charge in [0.25, 0.3) is 0 Å². The Balaban J connectivity index is 2.08. The van der Waals surface area contributed by atoms with Gasteiger partial charge in [0.2, 0.25) is 0 Å². The molecule has 0 fully saturated rings. The van der Waals surface area contributed by atoms with Crippen molar-refractivity contribution in [2.45, 2.75) is 6.92 Å². The van der Waals surface area contributed by atoms with Crippen molar-refractivity contribution in [3.8, 4) is 0 Å². The van der Waals surface area contributed by atoms with Crippen molar-refractivity contribution in [2.24, 2.45) is 0 Å². The molecule has 3 rings (SSSR count). The number of aryl methyl sites for hydroxylation is 1. The molecule has 0 saturated heterocycles. The van der Waals surface area contributed by atoms with Crippen LogP contribution in [0.5, 0.6) is 0 Å². The number of hydrogen-bond acceptors (Lipinski definition) is 3. The van der Waals surface area contributed by atoms with E-state index in [1.807, 2.05) is 49.5 Å². The molecule has 0 amide bonds. The van der Waals surface area contributed by atoms with Crippen molar-refractivity contribution >= 4 is 43.9 Å². The van der Waals surface area contributed by atoms with Gasteiger partial charge in [-0.15, -0.1) is 0 Å². The minimum atomic E-state index is 0.743. The van der Waals surface area contributed by atoms with Crippen LogP contribution in [0.1, 0.15) is 5.56 Å². The number of rotatable bonds is 2. The number of hydrogen-bond donors (Lipinski definition) is 2. The maximum absolute atomic E-state index is 5.89. The summed E-state index contributed by atoms with van der Waals surface area (Å²) < 4.78 is 0.893. The van der Waals surface area contributed by atoms with Crippen LogP contribution in [-0.4, -0.2) is 4.98 Å². The molecule has 0 aliphatic carbocycles. The van der Waals surface area contributed by atoms with E-state index >= 15 is 0 Å². The number of aromatic nitrogens is 1. The molecule has 0 aliphatic rings. The largest absolute Gasteiger partial charge is 0.398 e. The minimum absolute atomic E-state index is 0.743. The van der Waals surface area contributed by atoms with Gasteiger partial charge in [-0.2, -0.15) is 0 Å². The summed E-state index contributed by atoms with van der Waals surface area (Å²) in [6, 6.07) is 14.0. The Morgan fingerprint density at radius 2 is 1.90 bits per heavy atom. The van der Waals surface area contributed by atoms with Gasteiger partial charge in [0.15, 0.2) is 0 Å². The molecular formula is C16H14BrN3. The van der Waals surface area contributed by atoms with E-state index in [1.165, 1.54) is 0 Å². The molecule has 0 radical (unpaired) electrons. The zero-order chi connectivity index (χ0) is 14.1. The predicted octanol–water partition coefficient (Wildman–Crippen LogP) is 4.63. The van der Waals surface area contributed by atoms with Crippen molar-refractivity contribution < 1.29 is 0 Å². The lowest BCUT2D eigenvalue weighted by atomic mass is 10.1. The first-order valence-electron chi connectivity index (χ1n) is 6.31. The van der Waals surface area contributed by atoms with Crippen LogP contribution in [0.4, 0.5) is 17.1 Å². The lowest BCUT2D eigenvalue weighted by Gasteiger charge is -2.13. The number of nitrogens with one attached hydrogen (secondary N) is 1. The summed E-state index contributed by atoms with van der Waals surface area (Å²) in [5, 5.41) is 4.56. The van der Waals surface area contributed by atoms with E-state index in [9.17, 15) is 0 Å². The molecule has 2 aromatic carbocycles. The van der Waals surface area contributed by atoms with Crippen LogP contribution in [0.15, 0.2) is 53.1 Å². The molecule has 3 N–H and O–H groups in total. The number of nitrogen functional groups attached to an aromatic ring is 1. The highest BCUT2D eigenvalue weighted by Crippen LogP contribution is 2.31. The van der Waals surface area contributed by atoms with Crippen molar-refractivity contribution in [2.75, 3.05) is 11.1 Å². The first-order valence-corrected chi connectivity index (χ1v) is 7.11. The Labute approximate surface area is 126 Å². The molecular weight excluding hydrogens is 314 g/mol.